The highest BCUT2D eigenvalue weighted by molar-refractivity contribution is 6.50. The van der Waals surface area contributed by atoms with Crippen LogP contribution in [0.15, 0.2) is 153 Å². The molecule has 1 aliphatic carbocycles. The Labute approximate surface area is 263 Å². The van der Waals surface area contributed by atoms with Crippen LogP contribution >= 0.6 is 0 Å². The molecule has 0 amide bonds. The number of aromatic nitrogens is 1. The zero-order valence-electron chi connectivity index (χ0n) is 24.6. The Kier molecular flexibility index (Phi) is 5.90. The number of hydrogen-bond acceptors (Lipinski definition) is 5. The first-order valence-electron chi connectivity index (χ1n) is 15.2. The molecule has 5 heteroatoms. The molecule has 0 atom stereocenters. The van der Waals surface area contributed by atoms with Crippen molar-refractivity contribution >= 4 is 77.8 Å². The van der Waals surface area contributed by atoms with Gasteiger partial charge in [0.2, 0.25) is 5.89 Å². The van der Waals surface area contributed by atoms with E-state index in [4.69, 9.17) is 24.2 Å². The molecule has 0 bridgehead atoms. The van der Waals surface area contributed by atoms with E-state index in [-0.39, 0.29) is 0 Å². The first-order valence-corrected chi connectivity index (χ1v) is 15.2. The number of hydrogen-bond donors (Lipinski definition) is 1. The topological polar surface area (TPSA) is 75.4 Å². The second-order valence-corrected chi connectivity index (χ2v) is 11.3. The summed E-state index contributed by atoms with van der Waals surface area (Å²) < 4.78 is 12.7. The monoisotopic (exact) mass is 591 g/mol. The van der Waals surface area contributed by atoms with E-state index in [1.807, 2.05) is 85.0 Å². The van der Waals surface area contributed by atoms with Gasteiger partial charge in [0.25, 0.3) is 0 Å². The molecule has 0 aliphatic heterocycles. The van der Waals surface area contributed by atoms with Crippen molar-refractivity contribution in [1.29, 1.82) is 5.41 Å². The fourth-order valence-corrected chi connectivity index (χ4v) is 6.42. The van der Waals surface area contributed by atoms with E-state index in [0.717, 1.165) is 77.0 Å². The summed E-state index contributed by atoms with van der Waals surface area (Å²) in [6, 6.07) is 38.9. The van der Waals surface area contributed by atoms with Gasteiger partial charge in [-0.2, -0.15) is 0 Å². The summed E-state index contributed by atoms with van der Waals surface area (Å²) in [6.07, 6.45) is 9.55. The largest absolute Gasteiger partial charge is 0.456 e. The Morgan fingerprint density at radius 1 is 0.652 bits per heavy atom. The maximum Gasteiger partial charge on any atom is 0.227 e. The van der Waals surface area contributed by atoms with E-state index >= 15 is 0 Å². The van der Waals surface area contributed by atoms with Crippen LogP contribution in [0.3, 0.4) is 0 Å². The number of fused-ring (bicyclic) bond motifs is 9. The second-order valence-electron chi connectivity index (χ2n) is 11.3. The molecule has 0 spiro atoms. The van der Waals surface area contributed by atoms with Crippen molar-refractivity contribution in [2.45, 2.75) is 0 Å². The lowest BCUT2D eigenvalue weighted by Crippen LogP contribution is -2.09. The van der Waals surface area contributed by atoms with Crippen molar-refractivity contribution in [3.05, 3.63) is 151 Å². The zero-order chi connectivity index (χ0) is 30.6. The van der Waals surface area contributed by atoms with E-state index in [9.17, 15) is 0 Å². The number of allylic oxidation sites excluding steroid dienone is 4. The van der Waals surface area contributed by atoms with Gasteiger partial charge >= 0.3 is 0 Å². The van der Waals surface area contributed by atoms with Crippen LogP contribution in [0.2, 0.25) is 0 Å². The average Bonchev–Trinajstić information content (AvgIpc) is 3.71. The van der Waals surface area contributed by atoms with Crippen LogP contribution in [0.4, 0.5) is 0 Å². The third kappa shape index (κ3) is 4.21. The highest BCUT2D eigenvalue weighted by Gasteiger charge is 2.20. The first kappa shape index (κ1) is 26.1. The number of nitrogens with one attached hydrogen (secondary N) is 1. The lowest BCUT2D eigenvalue weighted by molar-refractivity contribution is 0.619. The summed E-state index contributed by atoms with van der Waals surface area (Å²) in [4.78, 5) is 9.99. The lowest BCUT2D eigenvalue weighted by Gasteiger charge is -2.12. The van der Waals surface area contributed by atoms with E-state index in [1.54, 1.807) is 6.08 Å². The summed E-state index contributed by atoms with van der Waals surface area (Å²) in [7, 11) is 0. The highest BCUT2D eigenvalue weighted by atomic mass is 16.4. The molecule has 0 saturated carbocycles. The molecule has 1 aliphatic rings. The number of nitrogens with zero attached hydrogens (tertiary/aromatic N) is 2. The third-order valence-electron chi connectivity index (χ3n) is 8.54. The van der Waals surface area contributed by atoms with Crippen LogP contribution in [0, 0.1) is 5.41 Å². The van der Waals surface area contributed by atoms with Gasteiger partial charge in [-0.15, -0.1) is 0 Å². The Hall–Kier alpha value is -6.33. The Morgan fingerprint density at radius 2 is 1.35 bits per heavy atom. The summed E-state index contributed by atoms with van der Waals surface area (Å²) in [5, 5.41) is 14.8. The zero-order valence-corrected chi connectivity index (χ0v) is 24.6. The molecule has 2 aromatic heterocycles. The smallest absolute Gasteiger partial charge is 0.227 e. The van der Waals surface area contributed by atoms with E-state index in [1.165, 1.54) is 0 Å². The minimum absolute atomic E-state index is 0.386. The Morgan fingerprint density at radius 3 is 2.17 bits per heavy atom. The molecule has 2 heterocycles. The molecule has 0 fully saturated rings. The van der Waals surface area contributed by atoms with E-state index in [0.29, 0.717) is 17.3 Å². The normalized spacial score (nSPS) is 14.6. The van der Waals surface area contributed by atoms with Crippen LogP contribution in [0.5, 0.6) is 0 Å². The average molecular weight is 592 g/mol. The Balaban J connectivity index is 1.33. The number of oxazole rings is 1. The molecule has 1 N–H and O–H groups in total. The van der Waals surface area contributed by atoms with E-state index in [2.05, 4.69) is 54.6 Å². The summed E-state index contributed by atoms with van der Waals surface area (Å²) >= 11 is 0. The van der Waals surface area contributed by atoms with Crippen LogP contribution in [-0.4, -0.2) is 16.4 Å². The van der Waals surface area contributed by atoms with E-state index < -0.39 is 0 Å². The third-order valence-corrected chi connectivity index (χ3v) is 8.54. The predicted molar refractivity (Wildman–Crippen MR) is 189 cm³/mol. The van der Waals surface area contributed by atoms with Crippen molar-refractivity contribution in [1.82, 2.24) is 4.98 Å². The van der Waals surface area contributed by atoms with Gasteiger partial charge in [0, 0.05) is 21.9 Å². The summed E-state index contributed by atoms with van der Waals surface area (Å²) in [5.74, 6) is 0.585. The molecule has 6 aromatic carbocycles. The van der Waals surface area contributed by atoms with Crippen LogP contribution in [0.25, 0.3) is 77.8 Å². The van der Waals surface area contributed by atoms with Crippen molar-refractivity contribution in [3.8, 4) is 11.5 Å². The Bertz CT molecular complexity index is 2640. The van der Waals surface area contributed by atoms with Crippen molar-refractivity contribution < 1.29 is 8.83 Å². The van der Waals surface area contributed by atoms with Crippen LogP contribution in [0.1, 0.15) is 11.1 Å². The molecular formula is C41H25N3O2. The standard InChI is InChI=1S/C41H25N3O2/c42-31-17-9-10-18-32(31)43-33(25-11-3-1-4-12-25)24-28-23-27-19-20-34-38(37(27)30-16-8-7-15-29(28)30)39-35(45-34)21-22-36-40(39)44-41(46-36)26-13-5-2-6-14-26/h1-24,42H/b33-24+,42-31?,43-32?. The molecule has 216 valence electrons. The SMILES string of the molecule is N=C1C=CC=CC1=N/C(=C/c1cc2ccc3oc4ccc5oc(-c6ccccc6)nc5c4c3c2c2ccccc12)c1ccccc1. The number of benzene rings is 6. The first-order chi connectivity index (χ1) is 22.7. The minimum atomic E-state index is 0.386. The summed E-state index contributed by atoms with van der Waals surface area (Å²) in [6.45, 7) is 0. The van der Waals surface area contributed by atoms with Gasteiger partial charge in [0.15, 0.2) is 5.58 Å². The highest BCUT2D eigenvalue weighted by Crippen LogP contribution is 2.43. The van der Waals surface area contributed by atoms with Gasteiger partial charge in [-0.1, -0.05) is 91.0 Å². The maximum atomic E-state index is 8.44. The lowest BCUT2D eigenvalue weighted by atomic mass is 9.93. The van der Waals surface area contributed by atoms with Crippen molar-refractivity contribution in [2.75, 3.05) is 0 Å². The van der Waals surface area contributed by atoms with Gasteiger partial charge in [0.1, 0.15) is 16.7 Å². The summed E-state index contributed by atoms with van der Waals surface area (Å²) in [5.41, 5.74) is 7.84. The van der Waals surface area contributed by atoms with Crippen molar-refractivity contribution in [3.63, 3.8) is 0 Å². The fourth-order valence-electron chi connectivity index (χ4n) is 6.42. The predicted octanol–water partition coefficient (Wildman–Crippen LogP) is 10.8. The second kappa shape index (κ2) is 10.4. The minimum Gasteiger partial charge on any atom is -0.456 e. The van der Waals surface area contributed by atoms with Gasteiger partial charge in [-0.3, -0.25) is 5.41 Å². The van der Waals surface area contributed by atoms with Crippen LogP contribution in [-0.2, 0) is 0 Å². The molecule has 46 heavy (non-hydrogen) atoms. The van der Waals surface area contributed by atoms with Gasteiger partial charge in [-0.05, 0) is 76.3 Å². The molecule has 0 saturated heterocycles. The maximum absolute atomic E-state index is 8.44. The number of aliphatic imine (C=N–C) groups is 1. The van der Waals surface area contributed by atoms with Gasteiger partial charge in [-0.25, -0.2) is 9.98 Å². The fraction of sp³-hybridized carbons (Fsp3) is 0. The molecule has 0 radical (unpaired) electrons. The van der Waals surface area contributed by atoms with Gasteiger partial charge < -0.3 is 8.83 Å². The van der Waals surface area contributed by atoms with Crippen molar-refractivity contribution in [2.24, 2.45) is 4.99 Å². The van der Waals surface area contributed by atoms with Gasteiger partial charge in [0.05, 0.1) is 22.5 Å². The van der Waals surface area contributed by atoms with Crippen LogP contribution < -0.4 is 0 Å². The number of furan rings is 1. The molecular weight excluding hydrogens is 566 g/mol. The number of rotatable bonds is 4. The molecule has 5 nitrogen and oxygen atoms in total. The molecule has 8 aromatic rings. The molecule has 9 rings (SSSR count). The quantitative estimate of drug-likeness (QED) is 0.126. The molecule has 0 unspecified atom stereocenters.